The molecule has 4 nitrogen and oxygen atoms in total. The van der Waals surface area contributed by atoms with Gasteiger partial charge in [0.1, 0.15) is 0 Å². The molecule has 3 N–H and O–H groups in total. The number of nitrogens with zero attached hydrogens (tertiary/aromatic N) is 1. The summed E-state index contributed by atoms with van der Waals surface area (Å²) in [5.74, 6) is -0.352. The molecule has 1 amide bonds. The Morgan fingerprint density at radius 3 is 2.40 bits per heavy atom. The van der Waals surface area contributed by atoms with Gasteiger partial charge in [-0.05, 0) is 24.7 Å². The van der Waals surface area contributed by atoms with E-state index >= 15 is 0 Å². The van der Waals surface area contributed by atoms with Crippen LogP contribution in [0.5, 0.6) is 0 Å². The zero-order valence-electron chi connectivity index (χ0n) is 11.2. The van der Waals surface area contributed by atoms with E-state index in [4.69, 9.17) is 5.73 Å². The van der Waals surface area contributed by atoms with Crippen molar-refractivity contribution in [1.29, 1.82) is 0 Å². The highest BCUT2D eigenvalue weighted by Gasteiger charge is 2.27. The molecule has 1 aromatic rings. The van der Waals surface area contributed by atoms with Crippen LogP contribution in [-0.4, -0.2) is 37.1 Å². The van der Waals surface area contributed by atoms with Crippen LogP contribution in [-0.2, 0) is 11.3 Å². The fourth-order valence-corrected chi connectivity index (χ4v) is 1.57. The van der Waals surface area contributed by atoms with Crippen molar-refractivity contribution in [3.05, 3.63) is 29.8 Å². The molecule has 0 radical (unpaired) electrons. The molecule has 0 bridgehead atoms. The maximum atomic E-state index is 12.0. The molecule has 0 saturated carbocycles. The van der Waals surface area contributed by atoms with Gasteiger partial charge in [-0.2, -0.15) is 13.2 Å². The predicted molar refractivity (Wildman–Crippen MR) is 71.1 cm³/mol. The fraction of sp³-hybridized carbons (Fsp3) is 0.462. The maximum absolute atomic E-state index is 12.0. The zero-order valence-corrected chi connectivity index (χ0v) is 11.2. The molecule has 0 saturated heterocycles. The summed E-state index contributed by atoms with van der Waals surface area (Å²) in [6.07, 6.45) is -5.13. The summed E-state index contributed by atoms with van der Waals surface area (Å²) in [6.45, 7) is 0.117. The Morgan fingerprint density at radius 2 is 1.90 bits per heavy atom. The molecule has 0 spiro atoms. The van der Waals surface area contributed by atoms with Crippen LogP contribution in [0.2, 0.25) is 0 Å². The Bertz CT molecular complexity index is 431. The molecule has 20 heavy (non-hydrogen) atoms. The van der Waals surface area contributed by atoms with Gasteiger partial charge in [0.25, 0.3) is 0 Å². The molecule has 0 aliphatic rings. The van der Waals surface area contributed by atoms with Gasteiger partial charge in [0.05, 0.1) is 13.0 Å². The normalized spacial score (nSPS) is 11.7. The van der Waals surface area contributed by atoms with Crippen molar-refractivity contribution >= 4 is 11.6 Å². The van der Waals surface area contributed by atoms with Gasteiger partial charge in [0.2, 0.25) is 5.91 Å². The van der Waals surface area contributed by atoms with Gasteiger partial charge in [-0.15, -0.1) is 0 Å². The minimum Gasteiger partial charge on any atom is -0.326 e. The lowest BCUT2D eigenvalue weighted by molar-refractivity contribution is -0.138. The highest BCUT2D eigenvalue weighted by molar-refractivity contribution is 5.92. The van der Waals surface area contributed by atoms with E-state index in [0.717, 1.165) is 5.56 Å². The fourth-order valence-electron chi connectivity index (χ4n) is 1.57. The van der Waals surface area contributed by atoms with Crippen molar-refractivity contribution in [1.82, 2.24) is 4.90 Å². The van der Waals surface area contributed by atoms with Gasteiger partial charge < -0.3 is 11.1 Å². The van der Waals surface area contributed by atoms with Crippen molar-refractivity contribution in [3.8, 4) is 0 Å². The number of rotatable bonds is 6. The van der Waals surface area contributed by atoms with Gasteiger partial charge in [0.15, 0.2) is 0 Å². The highest BCUT2D eigenvalue weighted by atomic mass is 19.4. The molecule has 7 heteroatoms. The number of likely N-dealkylation sites (N-methyl/N-ethyl adjacent to an activating group) is 1. The summed E-state index contributed by atoms with van der Waals surface area (Å²) in [7, 11) is 1.48. The van der Waals surface area contributed by atoms with E-state index in [9.17, 15) is 18.0 Å². The number of amides is 1. The average molecular weight is 289 g/mol. The molecule has 1 rings (SSSR count). The van der Waals surface area contributed by atoms with Crippen LogP contribution in [0.25, 0.3) is 0 Å². The quantitative estimate of drug-likeness (QED) is 0.841. The van der Waals surface area contributed by atoms with Gasteiger partial charge >= 0.3 is 6.18 Å². The summed E-state index contributed by atoms with van der Waals surface area (Å²) >= 11 is 0. The number of carbonyl (C=O) groups is 1. The smallest absolute Gasteiger partial charge is 0.326 e. The van der Waals surface area contributed by atoms with Gasteiger partial charge in [0, 0.05) is 18.8 Å². The topological polar surface area (TPSA) is 58.4 Å². The third kappa shape index (κ3) is 6.53. The number of nitrogens with two attached hydrogens (primary N) is 1. The van der Waals surface area contributed by atoms with Crippen molar-refractivity contribution in [3.63, 3.8) is 0 Å². The number of alkyl halides is 3. The van der Waals surface area contributed by atoms with Crippen LogP contribution in [0.3, 0.4) is 0 Å². The Kier molecular flexibility index (Phi) is 5.97. The molecule has 0 aromatic heterocycles. The molecule has 0 aliphatic heterocycles. The molecule has 112 valence electrons. The third-order valence-electron chi connectivity index (χ3n) is 2.66. The lowest BCUT2D eigenvalue weighted by atomic mass is 10.2. The first-order valence-corrected chi connectivity index (χ1v) is 6.14. The van der Waals surface area contributed by atoms with Crippen LogP contribution >= 0.6 is 0 Å². The largest absolute Gasteiger partial charge is 0.390 e. The Balaban J connectivity index is 2.38. The first kappa shape index (κ1) is 16.5. The van der Waals surface area contributed by atoms with E-state index in [2.05, 4.69) is 5.32 Å². The minimum atomic E-state index is -4.21. The lowest BCUT2D eigenvalue weighted by Crippen LogP contribution is -2.32. The number of nitrogens with one attached hydrogen (secondary N) is 1. The second kappa shape index (κ2) is 7.25. The number of hydrogen-bond donors (Lipinski definition) is 2. The average Bonchev–Trinajstić information content (AvgIpc) is 2.36. The first-order valence-electron chi connectivity index (χ1n) is 6.14. The molecular weight excluding hydrogens is 271 g/mol. The highest BCUT2D eigenvalue weighted by Crippen LogP contribution is 2.19. The molecule has 1 aromatic carbocycles. The van der Waals surface area contributed by atoms with Crippen LogP contribution < -0.4 is 11.1 Å². The summed E-state index contributed by atoms with van der Waals surface area (Å²) in [6, 6.07) is 6.97. The van der Waals surface area contributed by atoms with Crippen LogP contribution in [0, 0.1) is 0 Å². The summed E-state index contributed by atoms with van der Waals surface area (Å²) in [5, 5.41) is 2.62. The monoisotopic (exact) mass is 289 g/mol. The molecule has 0 unspecified atom stereocenters. The maximum Gasteiger partial charge on any atom is 0.390 e. The van der Waals surface area contributed by atoms with E-state index < -0.39 is 12.6 Å². The van der Waals surface area contributed by atoms with Crippen molar-refractivity contribution in [2.45, 2.75) is 19.1 Å². The summed E-state index contributed by atoms with van der Waals surface area (Å²) < 4.78 is 36.1. The van der Waals surface area contributed by atoms with E-state index in [1.54, 1.807) is 24.3 Å². The molecular formula is C13H18F3N3O. The number of carbonyl (C=O) groups excluding carboxylic acids is 1. The van der Waals surface area contributed by atoms with E-state index in [1.807, 2.05) is 0 Å². The third-order valence-corrected chi connectivity index (χ3v) is 2.66. The summed E-state index contributed by atoms with van der Waals surface area (Å²) in [5.41, 5.74) is 6.98. The number of hydrogen-bond acceptors (Lipinski definition) is 3. The second-order valence-electron chi connectivity index (χ2n) is 4.55. The van der Waals surface area contributed by atoms with Crippen LogP contribution in [0.1, 0.15) is 12.0 Å². The van der Waals surface area contributed by atoms with Crippen LogP contribution in [0.15, 0.2) is 24.3 Å². The molecule has 0 aliphatic carbocycles. The standard InChI is InChI=1S/C13H18F3N3O/c1-19(7-6-13(14,15)16)9-12(20)18-11-4-2-10(8-17)3-5-11/h2-5H,6-9,17H2,1H3,(H,18,20). The molecule has 0 fully saturated rings. The van der Waals surface area contributed by atoms with Crippen molar-refractivity contribution in [2.75, 3.05) is 25.5 Å². The predicted octanol–water partition coefficient (Wildman–Crippen LogP) is 1.97. The van der Waals surface area contributed by atoms with E-state index in [0.29, 0.717) is 12.2 Å². The Morgan fingerprint density at radius 1 is 1.30 bits per heavy atom. The lowest BCUT2D eigenvalue weighted by Gasteiger charge is -2.17. The SMILES string of the molecule is CN(CCC(F)(F)F)CC(=O)Nc1ccc(CN)cc1. The van der Waals surface area contributed by atoms with Gasteiger partial charge in [-0.1, -0.05) is 12.1 Å². The second-order valence-corrected chi connectivity index (χ2v) is 4.55. The van der Waals surface area contributed by atoms with Crippen LogP contribution in [0.4, 0.5) is 18.9 Å². The number of anilines is 1. The molecule has 0 heterocycles. The van der Waals surface area contributed by atoms with Crippen molar-refractivity contribution in [2.24, 2.45) is 5.73 Å². The first-order chi connectivity index (χ1) is 9.30. The Hall–Kier alpha value is -1.60. The van der Waals surface area contributed by atoms with E-state index in [-0.39, 0.29) is 19.0 Å². The Labute approximate surface area is 115 Å². The van der Waals surface area contributed by atoms with E-state index in [1.165, 1.54) is 11.9 Å². The van der Waals surface area contributed by atoms with Gasteiger partial charge in [-0.3, -0.25) is 9.69 Å². The number of halogens is 3. The van der Waals surface area contributed by atoms with Crippen molar-refractivity contribution < 1.29 is 18.0 Å². The molecule has 0 atom stereocenters. The zero-order chi connectivity index (χ0) is 15.2. The number of benzene rings is 1. The minimum absolute atomic E-state index is 0.0886. The summed E-state index contributed by atoms with van der Waals surface area (Å²) in [4.78, 5) is 13.0. The van der Waals surface area contributed by atoms with Gasteiger partial charge in [-0.25, -0.2) is 0 Å².